The Kier molecular flexibility index (Phi) is 9.68. The quantitative estimate of drug-likeness (QED) is 0.339. The van der Waals surface area contributed by atoms with Gasteiger partial charge < -0.3 is 4.74 Å². The van der Waals surface area contributed by atoms with Crippen molar-refractivity contribution >= 4 is 0 Å². The van der Waals surface area contributed by atoms with Crippen molar-refractivity contribution in [1.82, 2.24) is 0 Å². The Bertz CT molecular complexity index is 389. The molecule has 0 unspecified atom stereocenters. The minimum atomic E-state index is 0.272. The van der Waals surface area contributed by atoms with E-state index in [-0.39, 0.29) is 5.60 Å². The fraction of sp³-hybridized carbons (Fsp3) is 1.00. The maximum Gasteiger partial charge on any atom is 0.0710 e. The highest BCUT2D eigenvalue weighted by Gasteiger charge is 2.41. The molecule has 164 valence electrons. The van der Waals surface area contributed by atoms with Crippen LogP contribution in [0.3, 0.4) is 0 Å². The Morgan fingerprint density at radius 2 is 1.18 bits per heavy atom. The lowest BCUT2D eigenvalue weighted by Crippen LogP contribution is -2.44. The van der Waals surface area contributed by atoms with Crippen molar-refractivity contribution in [3.05, 3.63) is 0 Å². The second-order valence-electron chi connectivity index (χ2n) is 10.7. The molecule has 1 nitrogen and oxygen atoms in total. The van der Waals surface area contributed by atoms with Crippen LogP contribution in [0.25, 0.3) is 0 Å². The third-order valence-electron chi connectivity index (χ3n) is 8.89. The van der Waals surface area contributed by atoms with Crippen LogP contribution in [0.4, 0.5) is 0 Å². The number of hydrogen-bond acceptors (Lipinski definition) is 1. The van der Waals surface area contributed by atoms with Crippen LogP contribution in [-0.2, 0) is 4.74 Å². The first-order valence-corrected chi connectivity index (χ1v) is 13.4. The maximum atomic E-state index is 6.45. The smallest absolute Gasteiger partial charge is 0.0710 e. The molecule has 28 heavy (non-hydrogen) atoms. The summed E-state index contributed by atoms with van der Waals surface area (Å²) in [6, 6.07) is 0. The van der Waals surface area contributed by atoms with Crippen molar-refractivity contribution in [2.24, 2.45) is 23.7 Å². The zero-order chi connectivity index (χ0) is 19.7. The van der Waals surface area contributed by atoms with E-state index in [1.54, 1.807) is 12.8 Å². The van der Waals surface area contributed by atoms with Gasteiger partial charge in [0.25, 0.3) is 0 Å². The van der Waals surface area contributed by atoms with Crippen molar-refractivity contribution in [3.8, 4) is 0 Å². The third kappa shape index (κ3) is 6.48. The Morgan fingerprint density at radius 1 is 0.643 bits per heavy atom. The normalized spacial score (nSPS) is 33.6. The SMILES string of the molecule is CCCCCC1CCC(CCC2CCC(C3(OCC)CCCCC3)CC2)CC1. The van der Waals surface area contributed by atoms with Crippen molar-refractivity contribution < 1.29 is 4.74 Å². The lowest BCUT2D eigenvalue weighted by Gasteiger charge is -2.46. The lowest BCUT2D eigenvalue weighted by atomic mass is 9.67. The average molecular weight is 391 g/mol. The number of rotatable bonds is 10. The summed E-state index contributed by atoms with van der Waals surface area (Å²) in [5.41, 5.74) is 0.272. The molecular formula is C27H50O. The molecule has 0 aromatic carbocycles. The Balaban J connectivity index is 1.33. The van der Waals surface area contributed by atoms with Gasteiger partial charge in [0.05, 0.1) is 5.60 Å². The van der Waals surface area contributed by atoms with Gasteiger partial charge in [-0.25, -0.2) is 0 Å². The zero-order valence-electron chi connectivity index (χ0n) is 19.4. The van der Waals surface area contributed by atoms with E-state index in [1.807, 2.05) is 0 Å². The van der Waals surface area contributed by atoms with Gasteiger partial charge in [-0.15, -0.1) is 0 Å². The second kappa shape index (κ2) is 12.0. The van der Waals surface area contributed by atoms with Gasteiger partial charge in [-0.1, -0.05) is 103 Å². The van der Waals surface area contributed by atoms with Crippen molar-refractivity contribution in [2.75, 3.05) is 6.61 Å². The first-order chi connectivity index (χ1) is 13.8. The van der Waals surface area contributed by atoms with E-state index in [1.165, 1.54) is 109 Å². The van der Waals surface area contributed by atoms with E-state index in [0.29, 0.717) is 0 Å². The summed E-state index contributed by atoms with van der Waals surface area (Å²) in [5.74, 6) is 4.03. The van der Waals surface area contributed by atoms with Gasteiger partial charge >= 0.3 is 0 Å². The van der Waals surface area contributed by atoms with E-state index in [4.69, 9.17) is 4.74 Å². The van der Waals surface area contributed by atoms with Crippen LogP contribution in [0, 0.1) is 23.7 Å². The summed E-state index contributed by atoms with van der Waals surface area (Å²) in [7, 11) is 0. The summed E-state index contributed by atoms with van der Waals surface area (Å²) in [4.78, 5) is 0. The molecule has 0 N–H and O–H groups in total. The summed E-state index contributed by atoms with van der Waals surface area (Å²) in [6.07, 6.45) is 27.9. The highest BCUT2D eigenvalue weighted by molar-refractivity contribution is 4.93. The molecule has 0 aromatic rings. The predicted molar refractivity (Wildman–Crippen MR) is 122 cm³/mol. The van der Waals surface area contributed by atoms with E-state index >= 15 is 0 Å². The highest BCUT2D eigenvalue weighted by atomic mass is 16.5. The second-order valence-corrected chi connectivity index (χ2v) is 10.7. The van der Waals surface area contributed by atoms with Crippen LogP contribution >= 0.6 is 0 Å². The highest BCUT2D eigenvalue weighted by Crippen LogP contribution is 2.46. The van der Waals surface area contributed by atoms with Gasteiger partial charge in [0.15, 0.2) is 0 Å². The molecule has 0 heterocycles. The molecular weight excluding hydrogens is 340 g/mol. The lowest BCUT2D eigenvalue weighted by molar-refractivity contribution is -0.117. The number of ether oxygens (including phenoxy) is 1. The minimum Gasteiger partial charge on any atom is -0.375 e. The van der Waals surface area contributed by atoms with E-state index in [0.717, 1.165) is 30.3 Å². The topological polar surface area (TPSA) is 9.23 Å². The van der Waals surface area contributed by atoms with Crippen molar-refractivity contribution in [3.63, 3.8) is 0 Å². The Labute approximate surface area is 176 Å². The molecule has 3 aliphatic rings. The first kappa shape index (κ1) is 22.6. The predicted octanol–water partition coefficient (Wildman–Crippen LogP) is 8.70. The Morgan fingerprint density at radius 3 is 1.71 bits per heavy atom. The molecule has 0 atom stereocenters. The maximum absolute atomic E-state index is 6.45. The standard InChI is InChI=1S/C27H50O/c1-3-5-7-10-23-11-13-24(14-12-23)15-16-25-17-19-26(20-18-25)27(28-4-2)21-8-6-9-22-27/h23-26H,3-22H2,1-2H3. The molecule has 0 amide bonds. The van der Waals surface area contributed by atoms with E-state index < -0.39 is 0 Å². The fourth-order valence-electron chi connectivity index (χ4n) is 7.05. The summed E-state index contributed by atoms with van der Waals surface area (Å²) in [5, 5.41) is 0. The average Bonchev–Trinajstić information content (AvgIpc) is 2.75. The summed E-state index contributed by atoms with van der Waals surface area (Å²) in [6.45, 7) is 5.46. The molecule has 3 aliphatic carbocycles. The molecule has 0 aromatic heterocycles. The third-order valence-corrected chi connectivity index (χ3v) is 8.89. The van der Waals surface area contributed by atoms with E-state index in [9.17, 15) is 0 Å². The van der Waals surface area contributed by atoms with Crippen LogP contribution in [-0.4, -0.2) is 12.2 Å². The summed E-state index contributed by atoms with van der Waals surface area (Å²) < 4.78 is 6.45. The molecule has 1 heteroatoms. The Hall–Kier alpha value is -0.0400. The molecule has 0 aliphatic heterocycles. The van der Waals surface area contributed by atoms with Crippen LogP contribution in [0.15, 0.2) is 0 Å². The first-order valence-electron chi connectivity index (χ1n) is 13.4. The molecule has 0 saturated heterocycles. The van der Waals surface area contributed by atoms with Gasteiger partial charge in [0.2, 0.25) is 0 Å². The summed E-state index contributed by atoms with van der Waals surface area (Å²) >= 11 is 0. The monoisotopic (exact) mass is 390 g/mol. The molecule has 3 fully saturated rings. The number of unbranched alkanes of at least 4 members (excludes halogenated alkanes) is 2. The largest absolute Gasteiger partial charge is 0.375 e. The van der Waals surface area contributed by atoms with Gasteiger partial charge in [-0.3, -0.25) is 0 Å². The van der Waals surface area contributed by atoms with Crippen LogP contribution in [0.5, 0.6) is 0 Å². The van der Waals surface area contributed by atoms with Gasteiger partial charge in [0.1, 0.15) is 0 Å². The van der Waals surface area contributed by atoms with Crippen molar-refractivity contribution in [1.29, 1.82) is 0 Å². The molecule has 0 spiro atoms. The van der Waals surface area contributed by atoms with Gasteiger partial charge in [-0.05, 0) is 56.3 Å². The molecule has 0 bridgehead atoms. The molecule has 3 saturated carbocycles. The van der Waals surface area contributed by atoms with Gasteiger partial charge in [0, 0.05) is 6.61 Å². The zero-order valence-corrected chi connectivity index (χ0v) is 19.4. The van der Waals surface area contributed by atoms with Crippen LogP contribution < -0.4 is 0 Å². The van der Waals surface area contributed by atoms with Gasteiger partial charge in [-0.2, -0.15) is 0 Å². The van der Waals surface area contributed by atoms with Crippen molar-refractivity contribution in [2.45, 2.75) is 141 Å². The minimum absolute atomic E-state index is 0.272. The molecule has 0 radical (unpaired) electrons. The number of hydrogen-bond donors (Lipinski definition) is 0. The van der Waals surface area contributed by atoms with E-state index in [2.05, 4.69) is 13.8 Å². The van der Waals surface area contributed by atoms with Crippen LogP contribution in [0.2, 0.25) is 0 Å². The molecule has 3 rings (SSSR count). The van der Waals surface area contributed by atoms with Crippen LogP contribution in [0.1, 0.15) is 136 Å². The fourth-order valence-corrected chi connectivity index (χ4v) is 7.05.